The number of thioether (sulfide) groups is 1. The molecule has 0 spiro atoms. The smallest absolute Gasteiger partial charge is 0.346 e. The summed E-state index contributed by atoms with van der Waals surface area (Å²) in [6.45, 7) is 1.66. The van der Waals surface area contributed by atoms with Crippen molar-refractivity contribution < 1.29 is 19.1 Å². The number of carbonyl (C=O) groups excluding carboxylic acids is 2. The van der Waals surface area contributed by atoms with Crippen molar-refractivity contribution in [3.63, 3.8) is 0 Å². The quantitative estimate of drug-likeness (QED) is 0.792. The van der Waals surface area contributed by atoms with Gasteiger partial charge in [0.2, 0.25) is 4.87 Å². The van der Waals surface area contributed by atoms with Gasteiger partial charge in [-0.25, -0.2) is 9.79 Å². The van der Waals surface area contributed by atoms with Gasteiger partial charge in [0.15, 0.2) is 5.60 Å². The van der Waals surface area contributed by atoms with Crippen LogP contribution >= 0.6 is 23.4 Å². The molecule has 1 fully saturated rings. The zero-order valence-electron chi connectivity index (χ0n) is 12.0. The number of carbonyl (C=O) groups is 2. The van der Waals surface area contributed by atoms with E-state index in [1.54, 1.807) is 6.92 Å². The fraction of sp³-hybridized carbons (Fsp3) is 0.400. The van der Waals surface area contributed by atoms with Crippen LogP contribution in [-0.2, 0) is 19.1 Å². The molecule has 3 atom stereocenters. The van der Waals surface area contributed by atoms with Gasteiger partial charge < -0.3 is 9.47 Å². The Morgan fingerprint density at radius 2 is 2.14 bits per heavy atom. The summed E-state index contributed by atoms with van der Waals surface area (Å²) in [5.41, 5.74) is -1.06. The van der Waals surface area contributed by atoms with Gasteiger partial charge in [-0.1, -0.05) is 41.6 Å². The van der Waals surface area contributed by atoms with Crippen molar-refractivity contribution in [1.29, 1.82) is 0 Å². The fourth-order valence-corrected chi connectivity index (χ4v) is 4.23. The molecule has 3 aliphatic heterocycles. The summed E-state index contributed by atoms with van der Waals surface area (Å²) in [6, 6.07) is 9.24. The number of esters is 2. The maximum atomic E-state index is 12.5. The molecule has 1 aromatic carbocycles. The van der Waals surface area contributed by atoms with E-state index in [2.05, 4.69) is 4.99 Å². The van der Waals surface area contributed by atoms with Gasteiger partial charge in [0.05, 0.1) is 7.11 Å². The molecule has 1 saturated heterocycles. The molecule has 1 aromatic rings. The Balaban J connectivity index is 2.09. The van der Waals surface area contributed by atoms with E-state index in [0.29, 0.717) is 0 Å². The summed E-state index contributed by atoms with van der Waals surface area (Å²) < 4.78 is 10.3. The second-order valence-corrected chi connectivity index (χ2v) is 7.07. The third-order valence-corrected chi connectivity index (χ3v) is 5.73. The lowest BCUT2D eigenvalue weighted by Crippen LogP contribution is -2.63. The Hall–Kier alpha value is -1.53. The molecule has 0 unspecified atom stereocenters. The van der Waals surface area contributed by atoms with Crippen molar-refractivity contribution in [2.45, 2.75) is 28.7 Å². The van der Waals surface area contributed by atoms with Crippen LogP contribution in [0, 0.1) is 5.92 Å². The molecule has 0 aliphatic carbocycles. The lowest BCUT2D eigenvalue weighted by Gasteiger charge is -2.49. The molecule has 3 heterocycles. The van der Waals surface area contributed by atoms with Crippen molar-refractivity contribution in [3.05, 3.63) is 30.3 Å². The maximum Gasteiger partial charge on any atom is 0.346 e. The standard InChI is InChI=1S/C15H14ClNO4S/c1-14-8-10(11(18)20-2)15(13(19)21-14,17-12(14)16)22-9-6-4-3-5-7-9/h3-7,10H,8H2,1-2H3/t10-,14-,15+/m0/s1. The number of fused-ring (bicyclic) bond motifs is 2. The second-order valence-electron chi connectivity index (χ2n) is 5.41. The summed E-state index contributed by atoms with van der Waals surface area (Å²) in [4.78, 5) is 28.5. The summed E-state index contributed by atoms with van der Waals surface area (Å²) >= 11 is 7.36. The predicted octanol–water partition coefficient (Wildman–Crippen LogP) is 2.62. The fourth-order valence-electron chi connectivity index (χ4n) is 2.69. The minimum Gasteiger partial charge on any atom is -0.469 e. The number of ether oxygens (including phenoxy) is 2. The lowest BCUT2D eigenvalue weighted by atomic mass is 9.81. The van der Waals surface area contributed by atoms with Gasteiger partial charge in [-0.2, -0.15) is 0 Å². The largest absolute Gasteiger partial charge is 0.469 e. The zero-order chi connectivity index (χ0) is 16.0. The summed E-state index contributed by atoms with van der Waals surface area (Å²) in [6.07, 6.45) is 0.258. The van der Waals surface area contributed by atoms with Gasteiger partial charge in [0, 0.05) is 11.3 Å². The number of nitrogens with zero attached hydrogens (tertiary/aromatic N) is 1. The van der Waals surface area contributed by atoms with E-state index in [-0.39, 0.29) is 11.6 Å². The molecule has 2 bridgehead atoms. The molecule has 0 saturated carbocycles. The van der Waals surface area contributed by atoms with Crippen molar-refractivity contribution in [2.24, 2.45) is 10.9 Å². The average molecular weight is 340 g/mol. The maximum absolute atomic E-state index is 12.5. The van der Waals surface area contributed by atoms with Gasteiger partial charge in [-0.15, -0.1) is 0 Å². The molecule has 7 heteroatoms. The molecule has 4 rings (SSSR count). The van der Waals surface area contributed by atoms with E-state index in [0.717, 1.165) is 16.7 Å². The van der Waals surface area contributed by atoms with Crippen LogP contribution in [0.15, 0.2) is 40.2 Å². The van der Waals surface area contributed by atoms with Crippen LogP contribution in [0.5, 0.6) is 0 Å². The molecular weight excluding hydrogens is 326 g/mol. The first-order valence-electron chi connectivity index (χ1n) is 6.72. The van der Waals surface area contributed by atoms with E-state index < -0.39 is 28.3 Å². The number of rotatable bonds is 3. The molecule has 3 aliphatic rings. The molecule has 0 N–H and O–H groups in total. The van der Waals surface area contributed by atoms with Crippen LogP contribution < -0.4 is 0 Å². The van der Waals surface area contributed by atoms with E-state index >= 15 is 0 Å². The Morgan fingerprint density at radius 1 is 1.45 bits per heavy atom. The monoisotopic (exact) mass is 339 g/mol. The van der Waals surface area contributed by atoms with Crippen molar-refractivity contribution in [3.8, 4) is 0 Å². The molecule has 0 aromatic heterocycles. The molecule has 116 valence electrons. The molecule has 0 amide bonds. The number of hydrogen-bond acceptors (Lipinski definition) is 6. The van der Waals surface area contributed by atoms with Crippen molar-refractivity contribution in [1.82, 2.24) is 0 Å². The minimum absolute atomic E-state index is 0.204. The van der Waals surface area contributed by atoms with Crippen molar-refractivity contribution in [2.75, 3.05) is 7.11 Å². The van der Waals surface area contributed by atoms with Gasteiger partial charge in [-0.05, 0) is 19.1 Å². The number of hydrogen-bond donors (Lipinski definition) is 0. The normalized spacial score (nSPS) is 33.1. The Kier molecular flexibility index (Phi) is 3.69. The first kappa shape index (κ1) is 15.4. The van der Waals surface area contributed by atoms with Crippen LogP contribution in [0.3, 0.4) is 0 Å². The summed E-state index contributed by atoms with van der Waals surface area (Å²) in [5.74, 6) is -1.79. The molecular formula is C15H14ClNO4S. The number of aliphatic imine (C=N–C) groups is 1. The van der Waals surface area contributed by atoms with Crippen LogP contribution in [0.2, 0.25) is 0 Å². The van der Waals surface area contributed by atoms with Gasteiger partial charge in [-0.3, -0.25) is 4.79 Å². The number of methoxy groups -OCH3 is 1. The van der Waals surface area contributed by atoms with Crippen molar-refractivity contribution >= 4 is 40.5 Å². The predicted molar refractivity (Wildman–Crippen MR) is 82.9 cm³/mol. The highest BCUT2D eigenvalue weighted by atomic mass is 35.5. The summed E-state index contributed by atoms with van der Waals surface area (Å²) in [7, 11) is 1.30. The summed E-state index contributed by atoms with van der Waals surface area (Å²) in [5, 5.41) is 0.204. The van der Waals surface area contributed by atoms with Gasteiger partial charge >= 0.3 is 11.9 Å². The van der Waals surface area contributed by atoms with E-state index in [1.807, 2.05) is 30.3 Å². The van der Waals surface area contributed by atoms with Crippen LogP contribution in [0.25, 0.3) is 0 Å². The van der Waals surface area contributed by atoms with E-state index in [1.165, 1.54) is 7.11 Å². The first-order chi connectivity index (χ1) is 10.4. The topological polar surface area (TPSA) is 65.0 Å². The highest BCUT2D eigenvalue weighted by Gasteiger charge is 2.65. The Bertz CT molecular complexity index is 665. The second kappa shape index (κ2) is 5.28. The Labute approximate surface area is 137 Å². The molecule has 0 radical (unpaired) electrons. The number of benzene rings is 1. The third-order valence-electron chi connectivity index (χ3n) is 3.88. The van der Waals surface area contributed by atoms with Crippen LogP contribution in [-0.4, -0.2) is 34.7 Å². The van der Waals surface area contributed by atoms with Gasteiger partial charge in [0.1, 0.15) is 11.1 Å². The van der Waals surface area contributed by atoms with E-state index in [9.17, 15) is 9.59 Å². The number of halogens is 1. The highest BCUT2D eigenvalue weighted by Crippen LogP contribution is 2.53. The highest BCUT2D eigenvalue weighted by molar-refractivity contribution is 8.01. The third kappa shape index (κ3) is 2.21. The minimum atomic E-state index is -1.43. The lowest BCUT2D eigenvalue weighted by molar-refractivity contribution is -0.176. The van der Waals surface area contributed by atoms with Crippen LogP contribution in [0.4, 0.5) is 0 Å². The van der Waals surface area contributed by atoms with Gasteiger partial charge in [0.25, 0.3) is 0 Å². The molecule has 22 heavy (non-hydrogen) atoms. The van der Waals surface area contributed by atoms with Crippen LogP contribution in [0.1, 0.15) is 13.3 Å². The SMILES string of the molecule is COC(=O)[C@@H]1C[C@]2(C)OC(=O)[C@@]1(Sc1ccccc1)N=C2Cl. The van der Waals surface area contributed by atoms with E-state index in [4.69, 9.17) is 21.1 Å². The Morgan fingerprint density at radius 3 is 2.77 bits per heavy atom. The molecule has 5 nitrogen and oxygen atoms in total. The average Bonchev–Trinajstić information content (AvgIpc) is 2.50. The zero-order valence-corrected chi connectivity index (χ0v) is 13.6. The first-order valence-corrected chi connectivity index (χ1v) is 7.92.